The van der Waals surface area contributed by atoms with Crippen molar-refractivity contribution in [2.45, 2.75) is 122 Å². The molecule has 1 aliphatic heterocycles. The number of fused-ring (bicyclic) bond motifs is 1. The molecule has 1 aliphatic rings. The van der Waals surface area contributed by atoms with Gasteiger partial charge in [0.05, 0.1) is 39.6 Å². The number of hydrogen-bond donors (Lipinski definition) is 0. The van der Waals surface area contributed by atoms with Crippen LogP contribution in [0.5, 0.6) is 11.5 Å². The second-order valence-electron chi connectivity index (χ2n) is 11.7. The fourth-order valence-corrected chi connectivity index (χ4v) is 5.19. The van der Waals surface area contributed by atoms with Gasteiger partial charge in [-0.15, -0.1) is 0 Å². The van der Waals surface area contributed by atoms with Gasteiger partial charge in [0.15, 0.2) is 11.5 Å². The third-order valence-corrected chi connectivity index (χ3v) is 7.79. The smallest absolute Gasteiger partial charge is 0.161 e. The molecule has 2 rings (SSSR count). The van der Waals surface area contributed by atoms with E-state index in [1.54, 1.807) is 0 Å². The molecule has 0 saturated carbocycles. The molecule has 1 aromatic carbocycles. The lowest BCUT2D eigenvalue weighted by Crippen LogP contribution is -2.13. The van der Waals surface area contributed by atoms with Crippen molar-refractivity contribution in [1.29, 1.82) is 0 Å². The van der Waals surface area contributed by atoms with Gasteiger partial charge in [0.25, 0.3) is 0 Å². The molecule has 0 atom stereocenters. The normalized spacial score (nSPS) is 15.4. The predicted octanol–water partition coefficient (Wildman–Crippen LogP) is 9.58. The first-order valence-corrected chi connectivity index (χ1v) is 17.8. The van der Waals surface area contributed by atoms with Crippen LogP contribution in [0.25, 0.3) is 6.08 Å². The van der Waals surface area contributed by atoms with Gasteiger partial charge in [-0.2, -0.15) is 0 Å². The maximum atomic E-state index is 5.98. The van der Waals surface area contributed by atoms with Crippen LogP contribution in [0.2, 0.25) is 0 Å². The van der Waals surface area contributed by atoms with Crippen molar-refractivity contribution in [3.63, 3.8) is 0 Å². The van der Waals surface area contributed by atoms with Gasteiger partial charge in [-0.05, 0) is 43.4 Å². The first-order chi connectivity index (χ1) is 21.4. The van der Waals surface area contributed by atoms with Crippen LogP contribution in [0.1, 0.15) is 128 Å². The van der Waals surface area contributed by atoms with E-state index in [1.165, 1.54) is 109 Å². The molecule has 0 saturated heterocycles. The Balaban J connectivity index is 1.43. The van der Waals surface area contributed by atoms with E-state index < -0.39 is 0 Å². The Kier molecular flexibility index (Phi) is 25.5. The van der Waals surface area contributed by atoms with Gasteiger partial charge in [0, 0.05) is 13.2 Å². The minimum absolute atomic E-state index is 0.479. The Morgan fingerprint density at radius 1 is 0.535 bits per heavy atom. The number of ether oxygens (including phenoxy) is 6. The molecule has 0 aliphatic carbocycles. The topological polar surface area (TPSA) is 55.4 Å². The van der Waals surface area contributed by atoms with Crippen molar-refractivity contribution >= 4 is 6.08 Å². The molecule has 0 radical (unpaired) electrons. The van der Waals surface area contributed by atoms with E-state index in [0.717, 1.165) is 36.7 Å². The average molecular weight is 605 g/mol. The van der Waals surface area contributed by atoms with Gasteiger partial charge in [-0.1, -0.05) is 115 Å². The minimum Gasteiger partial charge on any atom is -0.487 e. The fourth-order valence-electron chi connectivity index (χ4n) is 5.19. The van der Waals surface area contributed by atoms with Crippen molar-refractivity contribution in [2.75, 3.05) is 66.1 Å². The number of unbranched alkanes of at least 4 members (excludes halogenated alkanes) is 16. The summed E-state index contributed by atoms with van der Waals surface area (Å²) in [5, 5.41) is 0. The minimum atomic E-state index is 0.479. The third-order valence-electron chi connectivity index (χ3n) is 7.79. The van der Waals surface area contributed by atoms with E-state index in [4.69, 9.17) is 28.4 Å². The lowest BCUT2D eigenvalue weighted by Gasteiger charge is -2.13. The molecule has 6 nitrogen and oxygen atoms in total. The Labute approximate surface area is 264 Å². The maximum absolute atomic E-state index is 5.98. The zero-order valence-corrected chi connectivity index (χ0v) is 27.6. The summed E-state index contributed by atoms with van der Waals surface area (Å²) in [6, 6.07) is 6.12. The molecule has 0 bridgehead atoms. The quantitative estimate of drug-likeness (QED) is 0.123. The highest BCUT2D eigenvalue weighted by molar-refractivity contribution is 5.55. The molecule has 248 valence electrons. The van der Waals surface area contributed by atoms with Crippen LogP contribution >= 0.6 is 0 Å². The van der Waals surface area contributed by atoms with E-state index in [1.807, 2.05) is 6.07 Å². The molecule has 0 N–H and O–H groups in total. The van der Waals surface area contributed by atoms with Crippen LogP contribution in [0.4, 0.5) is 0 Å². The van der Waals surface area contributed by atoms with Gasteiger partial charge in [0.2, 0.25) is 0 Å². The van der Waals surface area contributed by atoms with Crippen LogP contribution in [-0.2, 0) is 18.9 Å². The fraction of sp³-hybridized carbons (Fsp3) is 0.784. The summed E-state index contributed by atoms with van der Waals surface area (Å²) in [6.45, 7) is 8.45. The van der Waals surface area contributed by atoms with Crippen molar-refractivity contribution in [3.8, 4) is 11.5 Å². The molecule has 0 fully saturated rings. The first-order valence-electron chi connectivity index (χ1n) is 17.8. The molecule has 43 heavy (non-hydrogen) atoms. The SMILES string of the molecule is CCCCCCCCCCCCOCCCCCCCCC/C=C/c1ccc2c(c1)OCCOCCOCCOCCO2. The first kappa shape index (κ1) is 37.6. The molecule has 0 aromatic heterocycles. The number of benzene rings is 1. The van der Waals surface area contributed by atoms with E-state index in [2.05, 4.69) is 31.2 Å². The summed E-state index contributed by atoms with van der Waals surface area (Å²) < 4.78 is 34.3. The average Bonchev–Trinajstić information content (AvgIpc) is 3.03. The summed E-state index contributed by atoms with van der Waals surface area (Å²) >= 11 is 0. The van der Waals surface area contributed by atoms with E-state index in [-0.39, 0.29) is 0 Å². The highest BCUT2D eigenvalue weighted by Gasteiger charge is 2.07. The number of rotatable bonds is 22. The number of hydrogen-bond acceptors (Lipinski definition) is 6. The third kappa shape index (κ3) is 22.5. The van der Waals surface area contributed by atoms with Crippen molar-refractivity contribution in [2.24, 2.45) is 0 Å². The van der Waals surface area contributed by atoms with Crippen LogP contribution in [-0.4, -0.2) is 66.1 Å². The monoisotopic (exact) mass is 604 g/mol. The Morgan fingerprint density at radius 2 is 1.00 bits per heavy atom. The van der Waals surface area contributed by atoms with Gasteiger partial charge in [-0.3, -0.25) is 0 Å². The predicted molar refractivity (Wildman–Crippen MR) is 179 cm³/mol. The Morgan fingerprint density at radius 3 is 1.56 bits per heavy atom. The van der Waals surface area contributed by atoms with E-state index >= 15 is 0 Å². The van der Waals surface area contributed by atoms with Crippen LogP contribution in [0.3, 0.4) is 0 Å². The molecule has 1 heterocycles. The van der Waals surface area contributed by atoms with Gasteiger partial charge in [-0.25, -0.2) is 0 Å². The summed E-state index contributed by atoms with van der Waals surface area (Å²) in [5.41, 5.74) is 1.13. The van der Waals surface area contributed by atoms with E-state index in [9.17, 15) is 0 Å². The Hall–Kier alpha value is -1.60. The zero-order chi connectivity index (χ0) is 30.3. The van der Waals surface area contributed by atoms with Gasteiger partial charge >= 0.3 is 0 Å². The van der Waals surface area contributed by atoms with Crippen LogP contribution in [0, 0.1) is 0 Å². The van der Waals surface area contributed by atoms with E-state index in [0.29, 0.717) is 52.9 Å². The molecule has 1 aromatic rings. The molecule has 0 unspecified atom stereocenters. The highest BCUT2D eigenvalue weighted by Crippen LogP contribution is 2.29. The second-order valence-corrected chi connectivity index (χ2v) is 11.7. The Bertz CT molecular complexity index is 767. The summed E-state index contributed by atoms with van der Waals surface area (Å²) in [5.74, 6) is 1.49. The summed E-state index contributed by atoms with van der Waals surface area (Å²) in [4.78, 5) is 0. The molecular formula is C37H64O6. The largest absolute Gasteiger partial charge is 0.487 e. The van der Waals surface area contributed by atoms with Gasteiger partial charge in [0.1, 0.15) is 13.2 Å². The number of allylic oxidation sites excluding steroid dienone is 1. The lowest BCUT2D eigenvalue weighted by molar-refractivity contribution is 0.00708. The van der Waals surface area contributed by atoms with Gasteiger partial charge < -0.3 is 28.4 Å². The lowest BCUT2D eigenvalue weighted by atomic mass is 10.1. The molecular weight excluding hydrogens is 540 g/mol. The molecule has 0 spiro atoms. The maximum Gasteiger partial charge on any atom is 0.161 e. The molecule has 0 amide bonds. The second kappa shape index (κ2) is 29.1. The summed E-state index contributed by atoms with van der Waals surface area (Å²) in [7, 11) is 0. The van der Waals surface area contributed by atoms with Crippen LogP contribution in [0.15, 0.2) is 24.3 Å². The van der Waals surface area contributed by atoms with Crippen molar-refractivity contribution in [3.05, 3.63) is 29.8 Å². The highest BCUT2D eigenvalue weighted by atomic mass is 16.6. The van der Waals surface area contributed by atoms with Crippen molar-refractivity contribution < 1.29 is 28.4 Å². The summed E-state index contributed by atoms with van der Waals surface area (Å²) in [6.07, 6.45) is 28.5. The standard InChI is InChI=1S/C37H64O6/c1-2-3-4-5-6-7-10-13-16-19-24-38-25-20-17-14-11-8-9-12-15-18-21-35-22-23-36-37(34-35)43-33-31-41-29-27-39-26-28-40-30-32-42-36/h18,21-23,34H,2-17,19-20,24-33H2,1H3/b21-18+. The zero-order valence-electron chi connectivity index (χ0n) is 27.6. The van der Waals surface area contributed by atoms with Crippen molar-refractivity contribution in [1.82, 2.24) is 0 Å². The molecule has 6 heteroatoms. The van der Waals surface area contributed by atoms with Crippen LogP contribution < -0.4 is 9.47 Å².